The van der Waals surface area contributed by atoms with Crippen LogP contribution in [0.3, 0.4) is 0 Å². The lowest BCUT2D eigenvalue weighted by Crippen LogP contribution is -3.11. The number of phosphoric acid groups is 1. The molecule has 0 unspecified atom stereocenters. The minimum atomic E-state index is -4.94. The predicted molar refractivity (Wildman–Crippen MR) is 116 cm³/mol. The maximum Gasteiger partial charge on any atom is 0.471 e. The zero-order valence-electron chi connectivity index (χ0n) is 20.6. The SMILES string of the molecule is CC[NH+](CC)CC.CC[NH+](CC)CC.O=C(NCCCCCCOP(=O)([O-])[O-])C(F)(F)F. The number of hydrogen-bond acceptors (Lipinski definition) is 5. The Bertz CT molecular complexity index is 449. The summed E-state index contributed by atoms with van der Waals surface area (Å²) in [4.78, 5) is 33.8. The number of carbonyl (C=O) groups excluding carboxylic acids is 1. The molecular formula is C20H45F3N3O5P. The molecule has 0 spiro atoms. The van der Waals surface area contributed by atoms with Crippen molar-refractivity contribution in [2.24, 2.45) is 0 Å². The van der Waals surface area contributed by atoms with Gasteiger partial charge in [-0.25, -0.2) is 0 Å². The number of nitrogens with one attached hydrogen (secondary N) is 3. The minimum absolute atomic E-state index is 0.110. The van der Waals surface area contributed by atoms with Crippen LogP contribution in [0.1, 0.15) is 67.2 Å². The number of hydrogen-bond donors (Lipinski definition) is 3. The molecule has 196 valence electrons. The van der Waals surface area contributed by atoms with E-state index >= 15 is 0 Å². The molecule has 3 N–H and O–H groups in total. The van der Waals surface area contributed by atoms with E-state index in [0.29, 0.717) is 25.7 Å². The Balaban J connectivity index is -0.000000491. The number of unbranched alkanes of at least 4 members (excludes halogenated alkanes) is 3. The Hall–Kier alpha value is -0.710. The van der Waals surface area contributed by atoms with Crippen molar-refractivity contribution in [2.75, 3.05) is 52.4 Å². The second kappa shape index (κ2) is 22.1. The van der Waals surface area contributed by atoms with E-state index in [1.165, 1.54) is 39.3 Å². The molecule has 0 fully saturated rings. The van der Waals surface area contributed by atoms with Crippen molar-refractivity contribution in [2.45, 2.75) is 73.4 Å². The molecule has 1 amide bonds. The Morgan fingerprint density at radius 1 is 0.812 bits per heavy atom. The number of rotatable bonds is 14. The molecule has 12 heteroatoms. The molecule has 0 rings (SSSR count). The van der Waals surface area contributed by atoms with Crippen molar-refractivity contribution in [3.8, 4) is 0 Å². The van der Waals surface area contributed by atoms with E-state index in [4.69, 9.17) is 0 Å². The Morgan fingerprint density at radius 2 is 1.19 bits per heavy atom. The van der Waals surface area contributed by atoms with Gasteiger partial charge in [-0.05, 0) is 54.4 Å². The predicted octanol–water partition coefficient (Wildman–Crippen LogP) is -0.0674. The maximum atomic E-state index is 11.7. The fraction of sp³-hybridized carbons (Fsp3) is 0.950. The number of halogens is 3. The summed E-state index contributed by atoms with van der Waals surface area (Å²) in [5.41, 5.74) is 0. The highest BCUT2D eigenvalue weighted by Gasteiger charge is 2.38. The van der Waals surface area contributed by atoms with Crippen molar-refractivity contribution in [1.82, 2.24) is 5.32 Å². The van der Waals surface area contributed by atoms with E-state index in [-0.39, 0.29) is 13.2 Å². The fourth-order valence-electron chi connectivity index (χ4n) is 2.56. The molecule has 0 saturated carbocycles. The first-order valence-corrected chi connectivity index (χ1v) is 13.0. The van der Waals surface area contributed by atoms with Crippen LogP contribution >= 0.6 is 7.82 Å². The smallest absolute Gasteiger partial charge is 0.471 e. The van der Waals surface area contributed by atoms with Crippen molar-refractivity contribution in [1.29, 1.82) is 0 Å². The molecule has 0 aromatic heterocycles. The second-order valence-electron chi connectivity index (χ2n) is 7.07. The summed E-state index contributed by atoms with van der Waals surface area (Å²) in [5.74, 6) is -1.98. The number of amides is 1. The molecule has 0 aliphatic heterocycles. The number of carbonyl (C=O) groups is 1. The topological polar surface area (TPSA) is 110 Å². The zero-order valence-corrected chi connectivity index (χ0v) is 21.5. The first-order valence-electron chi connectivity index (χ1n) is 11.5. The molecule has 0 radical (unpaired) electrons. The van der Waals surface area contributed by atoms with Crippen molar-refractivity contribution in [3.63, 3.8) is 0 Å². The third-order valence-electron chi connectivity index (χ3n) is 4.86. The standard InChI is InChI=1S/C8H15F3NO5P.2C6H15N/c9-8(10,11)7(13)12-5-3-1-2-4-6-17-18(14,15)16;2*1-4-7(5-2)6-3/h1-6H2,(H,12,13)(H2,14,15,16);2*4-6H2,1-3H3. The minimum Gasteiger partial charge on any atom is -0.790 e. The van der Waals surface area contributed by atoms with E-state index in [2.05, 4.69) is 46.1 Å². The van der Waals surface area contributed by atoms with Crippen LogP contribution in [-0.2, 0) is 13.9 Å². The Morgan fingerprint density at radius 3 is 1.47 bits per heavy atom. The lowest BCUT2D eigenvalue weighted by Gasteiger charge is -2.28. The molecule has 0 saturated heterocycles. The Labute approximate surface area is 192 Å². The highest BCUT2D eigenvalue weighted by atomic mass is 31.2. The first kappa shape index (κ1) is 35.9. The molecule has 0 aliphatic rings. The van der Waals surface area contributed by atoms with Gasteiger partial charge in [0.1, 0.15) is 0 Å². The van der Waals surface area contributed by atoms with Crippen LogP contribution < -0.4 is 24.9 Å². The summed E-state index contributed by atoms with van der Waals surface area (Å²) in [6.45, 7) is 20.6. The Kier molecular flexibility index (Phi) is 24.8. The van der Waals surface area contributed by atoms with Gasteiger partial charge >= 0.3 is 12.1 Å². The molecular weight excluding hydrogens is 450 g/mol. The summed E-state index contributed by atoms with van der Waals surface area (Å²) < 4.78 is 49.1. The average molecular weight is 496 g/mol. The van der Waals surface area contributed by atoms with Gasteiger partial charge in [-0.15, -0.1) is 0 Å². The van der Waals surface area contributed by atoms with Gasteiger partial charge in [-0.3, -0.25) is 4.79 Å². The van der Waals surface area contributed by atoms with Crippen molar-refractivity contribution < 1.29 is 46.6 Å². The fourth-order valence-corrected chi connectivity index (χ4v) is 2.91. The van der Waals surface area contributed by atoms with Crippen LogP contribution in [0.5, 0.6) is 0 Å². The summed E-state index contributed by atoms with van der Waals surface area (Å²) in [6.07, 6.45) is -3.27. The monoisotopic (exact) mass is 495 g/mol. The average Bonchev–Trinajstić information content (AvgIpc) is 2.72. The van der Waals surface area contributed by atoms with Gasteiger partial charge in [0, 0.05) is 6.54 Å². The van der Waals surface area contributed by atoms with Gasteiger partial charge in [-0.2, -0.15) is 13.2 Å². The van der Waals surface area contributed by atoms with Gasteiger partial charge in [-0.1, -0.05) is 12.8 Å². The largest absolute Gasteiger partial charge is 0.790 e. The van der Waals surface area contributed by atoms with Gasteiger partial charge < -0.3 is 34.0 Å². The quantitative estimate of drug-likeness (QED) is 0.231. The zero-order chi connectivity index (χ0) is 25.6. The van der Waals surface area contributed by atoms with Gasteiger partial charge in [0.2, 0.25) is 0 Å². The normalized spacial score (nSPS) is 11.5. The molecule has 32 heavy (non-hydrogen) atoms. The van der Waals surface area contributed by atoms with Gasteiger partial charge in [0.15, 0.2) is 0 Å². The molecule has 0 aliphatic carbocycles. The van der Waals surface area contributed by atoms with Crippen LogP contribution in [0, 0.1) is 0 Å². The van der Waals surface area contributed by atoms with E-state index in [1.54, 1.807) is 15.1 Å². The second-order valence-corrected chi connectivity index (χ2v) is 8.22. The van der Waals surface area contributed by atoms with Crippen LogP contribution in [0.2, 0.25) is 0 Å². The molecule has 0 atom stereocenters. The first-order chi connectivity index (χ1) is 14.8. The van der Waals surface area contributed by atoms with Gasteiger partial charge in [0.25, 0.3) is 0 Å². The lowest BCUT2D eigenvalue weighted by molar-refractivity contribution is -0.894. The molecule has 0 aromatic carbocycles. The number of alkyl halides is 3. The van der Waals surface area contributed by atoms with Gasteiger partial charge in [0.05, 0.1) is 53.7 Å². The van der Waals surface area contributed by atoms with Crippen LogP contribution in [-0.4, -0.2) is 64.5 Å². The molecule has 8 nitrogen and oxygen atoms in total. The van der Waals surface area contributed by atoms with Crippen LogP contribution in [0.15, 0.2) is 0 Å². The maximum absolute atomic E-state index is 11.7. The highest BCUT2D eigenvalue weighted by Crippen LogP contribution is 2.24. The molecule has 0 bridgehead atoms. The van der Waals surface area contributed by atoms with Crippen molar-refractivity contribution in [3.05, 3.63) is 0 Å². The summed E-state index contributed by atoms with van der Waals surface area (Å²) in [6, 6.07) is 0. The van der Waals surface area contributed by atoms with Crippen LogP contribution in [0.4, 0.5) is 13.2 Å². The summed E-state index contributed by atoms with van der Waals surface area (Å²) in [5, 5.41) is 1.70. The van der Waals surface area contributed by atoms with E-state index in [1.807, 2.05) is 0 Å². The summed E-state index contributed by atoms with van der Waals surface area (Å²) >= 11 is 0. The lowest BCUT2D eigenvalue weighted by atomic mass is 10.2. The van der Waals surface area contributed by atoms with E-state index in [0.717, 1.165) is 0 Å². The number of quaternary nitrogens is 2. The van der Waals surface area contributed by atoms with Crippen molar-refractivity contribution >= 4 is 13.7 Å². The summed E-state index contributed by atoms with van der Waals surface area (Å²) in [7, 11) is -4.94. The molecule has 0 heterocycles. The number of phosphoric ester groups is 1. The van der Waals surface area contributed by atoms with Crippen LogP contribution in [0.25, 0.3) is 0 Å². The third-order valence-corrected chi connectivity index (χ3v) is 5.36. The third kappa shape index (κ3) is 27.3. The molecule has 0 aromatic rings. The van der Waals surface area contributed by atoms with E-state index < -0.39 is 19.9 Å². The highest BCUT2D eigenvalue weighted by molar-refractivity contribution is 7.43. The van der Waals surface area contributed by atoms with E-state index in [9.17, 15) is 32.3 Å².